The molecule has 26 heavy (non-hydrogen) atoms. The number of hydrogen-bond donors (Lipinski definition) is 1. The van der Waals surface area contributed by atoms with Crippen LogP contribution in [0.3, 0.4) is 0 Å². The normalized spacial score (nSPS) is 12.5. The molecule has 0 atom stereocenters. The molecule has 4 aromatic heterocycles. The van der Waals surface area contributed by atoms with Gasteiger partial charge in [-0.1, -0.05) is 27.7 Å². The van der Waals surface area contributed by atoms with Crippen molar-refractivity contribution in [2.75, 3.05) is 0 Å². The monoisotopic (exact) mass is 353 g/mol. The zero-order valence-electron chi connectivity index (χ0n) is 15.5. The smallest absolute Gasteiger partial charge is 0.280 e. The van der Waals surface area contributed by atoms with Gasteiger partial charge in [-0.2, -0.15) is 5.10 Å². The van der Waals surface area contributed by atoms with E-state index in [1.165, 1.54) is 0 Å². The zero-order chi connectivity index (χ0) is 18.5. The van der Waals surface area contributed by atoms with E-state index < -0.39 is 0 Å². The van der Waals surface area contributed by atoms with Gasteiger partial charge in [-0.05, 0) is 11.8 Å². The highest BCUT2D eigenvalue weighted by atomic mass is 16.1. The average molecular weight is 353 g/mol. The number of rotatable bonds is 4. The summed E-state index contributed by atoms with van der Waals surface area (Å²) in [5, 5.41) is 4.42. The van der Waals surface area contributed by atoms with Crippen molar-refractivity contribution >= 4 is 16.9 Å². The van der Waals surface area contributed by atoms with E-state index in [9.17, 15) is 4.79 Å². The van der Waals surface area contributed by atoms with Gasteiger partial charge in [-0.15, -0.1) is 0 Å². The molecule has 1 N–H and O–H groups in total. The molecule has 0 aliphatic rings. The van der Waals surface area contributed by atoms with Gasteiger partial charge < -0.3 is 4.98 Å². The Morgan fingerprint density at radius 3 is 2.81 bits per heavy atom. The van der Waals surface area contributed by atoms with Gasteiger partial charge in [0.15, 0.2) is 11.2 Å². The van der Waals surface area contributed by atoms with Crippen LogP contribution in [0.25, 0.3) is 28.3 Å². The van der Waals surface area contributed by atoms with E-state index in [2.05, 4.69) is 40.8 Å². The van der Waals surface area contributed by atoms with Crippen LogP contribution in [0.4, 0.5) is 0 Å². The quantitative estimate of drug-likeness (QED) is 0.611. The Balaban J connectivity index is 1.86. The molecule has 0 saturated heterocycles. The third-order valence-electron chi connectivity index (χ3n) is 4.22. The van der Waals surface area contributed by atoms with Crippen molar-refractivity contribution in [2.45, 2.75) is 47.2 Å². The third-order valence-corrected chi connectivity index (χ3v) is 4.22. The lowest BCUT2D eigenvalue weighted by Crippen LogP contribution is -2.23. The van der Waals surface area contributed by atoms with E-state index in [1.54, 1.807) is 17.0 Å². The molecule has 0 fully saturated rings. The van der Waals surface area contributed by atoms with Crippen LogP contribution >= 0.6 is 0 Å². The predicted molar refractivity (Wildman–Crippen MR) is 100 cm³/mol. The van der Waals surface area contributed by atoms with Gasteiger partial charge in [-0.3, -0.25) is 18.4 Å². The highest BCUT2D eigenvalue weighted by Gasteiger charge is 2.18. The largest absolute Gasteiger partial charge is 0.332 e. The molecule has 4 aromatic rings. The SMILES string of the molecule is CCCn1c(=O)c2[nH]c(-c3cnn(CC(C)(C)C)c3)nc2n2ccnc12. The summed E-state index contributed by atoms with van der Waals surface area (Å²) in [5.74, 6) is 1.26. The summed E-state index contributed by atoms with van der Waals surface area (Å²) in [4.78, 5) is 25.1. The molecule has 0 spiro atoms. The van der Waals surface area contributed by atoms with Gasteiger partial charge >= 0.3 is 0 Å². The van der Waals surface area contributed by atoms with Crippen molar-refractivity contribution in [3.63, 3.8) is 0 Å². The van der Waals surface area contributed by atoms with Crippen molar-refractivity contribution < 1.29 is 0 Å². The molecule has 0 aliphatic heterocycles. The minimum Gasteiger partial charge on any atom is -0.332 e. The number of aromatic amines is 1. The highest BCUT2D eigenvalue weighted by molar-refractivity contribution is 5.77. The zero-order valence-corrected chi connectivity index (χ0v) is 15.5. The van der Waals surface area contributed by atoms with Crippen molar-refractivity contribution in [2.24, 2.45) is 5.41 Å². The topological polar surface area (TPSA) is 85.8 Å². The van der Waals surface area contributed by atoms with Gasteiger partial charge in [0.2, 0.25) is 5.78 Å². The molecule has 136 valence electrons. The van der Waals surface area contributed by atoms with E-state index in [4.69, 9.17) is 0 Å². The second kappa shape index (κ2) is 5.82. The van der Waals surface area contributed by atoms with Crippen LogP contribution in [-0.4, -0.2) is 33.7 Å². The van der Waals surface area contributed by atoms with E-state index in [0.29, 0.717) is 29.3 Å². The molecule has 4 rings (SSSR count). The van der Waals surface area contributed by atoms with Crippen LogP contribution in [0.2, 0.25) is 0 Å². The van der Waals surface area contributed by atoms with E-state index in [1.807, 2.05) is 28.4 Å². The Morgan fingerprint density at radius 1 is 1.27 bits per heavy atom. The van der Waals surface area contributed by atoms with Crippen LogP contribution in [-0.2, 0) is 13.1 Å². The Labute approximate surface area is 150 Å². The van der Waals surface area contributed by atoms with Crippen molar-refractivity contribution in [3.8, 4) is 11.4 Å². The molecule has 4 heterocycles. The molecule has 0 aliphatic carbocycles. The minimum atomic E-state index is -0.0959. The predicted octanol–water partition coefficient (Wildman–Crippen LogP) is 2.69. The molecule has 0 unspecified atom stereocenters. The lowest BCUT2D eigenvalue weighted by molar-refractivity contribution is 0.325. The van der Waals surface area contributed by atoms with Crippen molar-refractivity contribution in [3.05, 3.63) is 35.1 Å². The summed E-state index contributed by atoms with van der Waals surface area (Å²) in [6.07, 6.45) is 8.11. The Morgan fingerprint density at radius 2 is 2.08 bits per heavy atom. The fourth-order valence-corrected chi connectivity index (χ4v) is 3.19. The standard InChI is InChI=1S/C18H23N7O/c1-5-7-25-16(26)13-15(24-8-6-19-17(24)25)22-14(21-13)12-9-20-23(10-12)11-18(2,3)4/h6,8-10H,5,7,11H2,1-4H3,(H,21,22). The summed E-state index contributed by atoms with van der Waals surface area (Å²) < 4.78 is 5.45. The first-order valence-electron chi connectivity index (χ1n) is 8.86. The number of aromatic nitrogens is 7. The molecule has 8 heteroatoms. The van der Waals surface area contributed by atoms with Crippen LogP contribution in [0.15, 0.2) is 29.6 Å². The maximum absolute atomic E-state index is 12.9. The number of H-pyrrole nitrogens is 1. The second-order valence-corrected chi connectivity index (χ2v) is 7.83. The number of fused-ring (bicyclic) bond motifs is 3. The summed E-state index contributed by atoms with van der Waals surface area (Å²) in [6.45, 7) is 9.97. The number of hydrogen-bond acceptors (Lipinski definition) is 4. The number of aryl methyl sites for hydroxylation is 1. The van der Waals surface area contributed by atoms with E-state index >= 15 is 0 Å². The minimum absolute atomic E-state index is 0.0959. The first-order chi connectivity index (χ1) is 12.4. The lowest BCUT2D eigenvalue weighted by Gasteiger charge is -2.17. The fraction of sp³-hybridized carbons (Fsp3) is 0.444. The van der Waals surface area contributed by atoms with Crippen molar-refractivity contribution in [1.29, 1.82) is 0 Å². The Bertz CT molecular complexity index is 1140. The van der Waals surface area contributed by atoms with Crippen molar-refractivity contribution in [1.82, 2.24) is 33.7 Å². The second-order valence-electron chi connectivity index (χ2n) is 7.83. The Hall–Kier alpha value is -2.90. The van der Waals surface area contributed by atoms with Crippen LogP contribution in [0.5, 0.6) is 0 Å². The number of nitrogens with zero attached hydrogens (tertiary/aromatic N) is 6. The summed E-state index contributed by atoms with van der Waals surface area (Å²) in [6, 6.07) is 0. The number of imidazole rings is 2. The molecular weight excluding hydrogens is 330 g/mol. The molecule has 8 nitrogen and oxygen atoms in total. The van der Waals surface area contributed by atoms with Crippen LogP contribution in [0, 0.1) is 5.41 Å². The maximum atomic E-state index is 12.9. The molecular formula is C18H23N7O. The fourth-order valence-electron chi connectivity index (χ4n) is 3.19. The lowest BCUT2D eigenvalue weighted by atomic mass is 9.97. The molecule has 0 saturated carbocycles. The molecule has 0 bridgehead atoms. The van der Waals surface area contributed by atoms with E-state index in [-0.39, 0.29) is 11.0 Å². The first kappa shape index (κ1) is 16.6. The Kier molecular flexibility index (Phi) is 3.71. The van der Waals surface area contributed by atoms with Gasteiger partial charge in [0.05, 0.1) is 11.8 Å². The average Bonchev–Trinajstić information content (AvgIpc) is 3.27. The first-order valence-corrected chi connectivity index (χ1v) is 8.86. The number of nitrogens with one attached hydrogen (secondary N) is 1. The summed E-state index contributed by atoms with van der Waals surface area (Å²) in [7, 11) is 0. The van der Waals surface area contributed by atoms with E-state index in [0.717, 1.165) is 18.5 Å². The maximum Gasteiger partial charge on any atom is 0.280 e. The van der Waals surface area contributed by atoms with Gasteiger partial charge in [0, 0.05) is 31.7 Å². The summed E-state index contributed by atoms with van der Waals surface area (Å²) >= 11 is 0. The highest BCUT2D eigenvalue weighted by Crippen LogP contribution is 2.21. The summed E-state index contributed by atoms with van der Waals surface area (Å²) in [5.41, 5.74) is 1.98. The molecule has 0 radical (unpaired) electrons. The molecule has 0 amide bonds. The third kappa shape index (κ3) is 2.71. The molecule has 0 aromatic carbocycles. The van der Waals surface area contributed by atoms with Crippen LogP contribution < -0.4 is 5.56 Å². The van der Waals surface area contributed by atoms with Gasteiger partial charge in [-0.25, -0.2) is 9.97 Å². The van der Waals surface area contributed by atoms with Crippen LogP contribution in [0.1, 0.15) is 34.1 Å². The van der Waals surface area contributed by atoms with Gasteiger partial charge in [0.1, 0.15) is 5.82 Å². The van der Waals surface area contributed by atoms with Gasteiger partial charge in [0.25, 0.3) is 5.56 Å².